The second kappa shape index (κ2) is 22.7. The number of para-hydroxylation sites is 1. The van der Waals surface area contributed by atoms with Gasteiger partial charge in [0.15, 0.2) is 5.82 Å². The summed E-state index contributed by atoms with van der Waals surface area (Å²) in [5.74, 6) is 0.395. The molecule has 4 aliphatic heterocycles. The van der Waals surface area contributed by atoms with E-state index in [2.05, 4.69) is 57.5 Å². The van der Waals surface area contributed by atoms with E-state index in [0.29, 0.717) is 40.8 Å². The standard InChI is InChI=1S/C58H71N11O7S/c1-34(2)54(58(73)68-32-43(70)26-50(68)57(72)62-35(3)37-11-13-38(14-12-37)55-36(4)61-33-77-55)52-24-39(65-76-52)8-7-21-66-22-18-44(19-23-66)74-45-27-46(28-45)75-53-25-40(17-20-60-53)69-41-15-16-42(69)31-67(30-41)49-29-48(63-64-56(49)59)47-9-5-6-10-51(47)71/h5-6,9-14,17,20,24-25,29,33-35,41-46,50,54,70-71H,7-8,15-16,18-19,21-23,26-28,30-32H2,1-4H3,(H2,59,64)(H,62,72)/t35-,41?,42?,43+,45-,46-,50-,54-/m0/s1. The van der Waals surface area contributed by atoms with E-state index in [9.17, 15) is 19.8 Å². The van der Waals surface area contributed by atoms with Gasteiger partial charge in [-0.1, -0.05) is 55.4 Å². The molecule has 6 atom stereocenters. The predicted molar refractivity (Wildman–Crippen MR) is 295 cm³/mol. The molecule has 4 aromatic heterocycles. The van der Waals surface area contributed by atoms with Crippen molar-refractivity contribution < 1.29 is 33.8 Å². The third-order valence-electron chi connectivity index (χ3n) is 16.4. The molecule has 1 saturated carbocycles. The Labute approximate surface area is 454 Å². The lowest BCUT2D eigenvalue weighted by Gasteiger charge is -2.43. The number of hydrogen-bond acceptors (Lipinski definition) is 17. The van der Waals surface area contributed by atoms with Gasteiger partial charge in [-0.2, -0.15) is 0 Å². The van der Waals surface area contributed by atoms with Crippen LogP contribution in [0, 0.1) is 12.8 Å². The summed E-state index contributed by atoms with van der Waals surface area (Å²) in [5, 5.41) is 37.3. The third kappa shape index (κ3) is 11.5. The molecule has 1 aliphatic carbocycles. The molecule has 19 heteroatoms. The fourth-order valence-electron chi connectivity index (χ4n) is 12.2. The van der Waals surface area contributed by atoms with Gasteiger partial charge < -0.3 is 54.9 Å². The minimum absolute atomic E-state index is 0.0723. The molecule has 18 nitrogen and oxygen atoms in total. The number of nitrogens with one attached hydrogen (secondary N) is 1. The molecule has 4 saturated heterocycles. The Balaban J connectivity index is 0.601. The van der Waals surface area contributed by atoms with E-state index < -0.39 is 18.1 Å². The third-order valence-corrected chi connectivity index (χ3v) is 17.4. The number of β-amino-alcohol motifs (C(OH)–C–C–N with tert-alkyl or cyclic N) is 1. The summed E-state index contributed by atoms with van der Waals surface area (Å²) in [4.78, 5) is 47.0. The zero-order chi connectivity index (χ0) is 53.3. The highest BCUT2D eigenvalue weighted by molar-refractivity contribution is 7.13. The number of ether oxygens (including phenoxy) is 2. The number of aliphatic hydroxyl groups is 1. The number of carbonyl (C=O) groups is 2. The number of phenolic OH excluding ortho intramolecular Hbond substituents is 1. The van der Waals surface area contributed by atoms with Crippen molar-refractivity contribution in [3.8, 4) is 33.3 Å². The van der Waals surface area contributed by atoms with Crippen LogP contribution in [0.1, 0.15) is 107 Å². The van der Waals surface area contributed by atoms with E-state index in [1.807, 2.05) is 87.9 Å². The highest BCUT2D eigenvalue weighted by Gasteiger charge is 2.44. The molecule has 5 fully saturated rings. The molecule has 2 aromatic carbocycles. The van der Waals surface area contributed by atoms with Gasteiger partial charge in [-0.15, -0.1) is 21.5 Å². The number of aromatic nitrogens is 5. The summed E-state index contributed by atoms with van der Waals surface area (Å²) >= 11 is 1.60. The van der Waals surface area contributed by atoms with E-state index >= 15 is 0 Å². The molecule has 6 aromatic rings. The fourth-order valence-corrected chi connectivity index (χ4v) is 13.1. The van der Waals surface area contributed by atoms with Gasteiger partial charge in [0.25, 0.3) is 0 Å². The van der Waals surface area contributed by atoms with Crippen molar-refractivity contribution in [2.45, 2.75) is 140 Å². The first-order chi connectivity index (χ1) is 37.3. The monoisotopic (exact) mass is 1070 g/mol. The number of carbonyl (C=O) groups excluding carboxylic acids is 2. The van der Waals surface area contributed by atoms with Gasteiger partial charge in [-0.05, 0) is 100 Å². The van der Waals surface area contributed by atoms with Gasteiger partial charge in [0.1, 0.15) is 29.6 Å². The number of hydrogen-bond donors (Lipinski definition) is 4. The van der Waals surface area contributed by atoms with Crippen LogP contribution in [0.15, 0.2) is 89.0 Å². The lowest BCUT2D eigenvalue weighted by Crippen LogP contribution is -2.54. The van der Waals surface area contributed by atoms with Gasteiger partial charge >= 0.3 is 0 Å². The zero-order valence-corrected chi connectivity index (χ0v) is 45.2. The number of nitrogens with zero attached hydrogens (tertiary/aromatic N) is 9. The quantitative estimate of drug-likeness (QED) is 0.0647. The Morgan fingerprint density at radius 1 is 0.896 bits per heavy atom. The molecule has 2 amide bonds. The van der Waals surface area contributed by atoms with E-state index in [4.69, 9.17) is 19.7 Å². The molecule has 77 heavy (non-hydrogen) atoms. The molecule has 11 rings (SSSR count). The second-order valence-electron chi connectivity index (χ2n) is 22.1. The summed E-state index contributed by atoms with van der Waals surface area (Å²) in [5.41, 5.74) is 15.2. The first-order valence-corrected chi connectivity index (χ1v) is 28.4. The maximum atomic E-state index is 14.3. The number of aromatic hydroxyl groups is 1. The average molecular weight is 1070 g/mol. The Hall–Kier alpha value is -6.67. The van der Waals surface area contributed by atoms with Gasteiger partial charge in [0.2, 0.25) is 17.7 Å². The SMILES string of the molecule is Cc1ncsc1-c1ccc([C@H](C)NC(=O)[C@@H]2C[C@@H](O)CN2C(=O)[C@H](c2cc(CCCN3CCC(O[C@H]4C[C@H](Oc5cc(N6C7CCC6CN(c6cc(-c8ccccc8O)nnc6N)C7)ccn5)C4)CC3)no2)C(C)C)cc1. The van der Waals surface area contributed by atoms with Crippen LogP contribution < -0.4 is 25.6 Å². The highest BCUT2D eigenvalue weighted by Crippen LogP contribution is 2.41. The van der Waals surface area contributed by atoms with Gasteiger partial charge in [-0.25, -0.2) is 9.97 Å². The molecule has 0 radical (unpaired) electrons. The van der Waals surface area contributed by atoms with Crippen LogP contribution in [0.25, 0.3) is 21.7 Å². The number of aryl methyl sites for hydroxylation is 2. The summed E-state index contributed by atoms with van der Waals surface area (Å²) in [6.45, 7) is 12.4. The number of nitrogen functional groups attached to an aromatic ring is 1. The number of amides is 2. The smallest absolute Gasteiger partial charge is 0.243 e. The fraction of sp³-hybridized carbons (Fsp3) is 0.500. The molecule has 8 heterocycles. The number of fused-ring (bicyclic) bond motifs is 2. The van der Waals surface area contributed by atoms with Crippen molar-refractivity contribution in [1.82, 2.24) is 40.4 Å². The van der Waals surface area contributed by atoms with Crippen molar-refractivity contribution in [1.29, 1.82) is 0 Å². The lowest BCUT2D eigenvalue weighted by molar-refractivity contribution is -0.141. The van der Waals surface area contributed by atoms with Gasteiger partial charge in [-0.3, -0.25) is 9.59 Å². The van der Waals surface area contributed by atoms with Crippen LogP contribution in [-0.2, 0) is 20.7 Å². The van der Waals surface area contributed by atoms with Crippen LogP contribution in [0.3, 0.4) is 0 Å². The maximum Gasteiger partial charge on any atom is 0.243 e. The maximum absolute atomic E-state index is 14.3. The molecular formula is C58H71N11O7S. The van der Waals surface area contributed by atoms with Crippen LogP contribution >= 0.6 is 11.3 Å². The Bertz CT molecular complexity index is 3000. The number of likely N-dealkylation sites (tertiary alicyclic amines) is 2. The van der Waals surface area contributed by atoms with Crippen molar-refractivity contribution >= 4 is 40.3 Å². The topological polar surface area (TPSA) is 222 Å². The largest absolute Gasteiger partial charge is 0.507 e. The number of pyridine rings is 1. The van der Waals surface area contributed by atoms with E-state index in [0.717, 1.165) is 123 Å². The van der Waals surface area contributed by atoms with Gasteiger partial charge in [0, 0.05) is 93.7 Å². The summed E-state index contributed by atoms with van der Waals surface area (Å²) in [7, 11) is 0. The van der Waals surface area contributed by atoms with Crippen LogP contribution in [0.5, 0.6) is 11.6 Å². The van der Waals surface area contributed by atoms with Crippen LogP contribution in [-0.4, -0.2) is 139 Å². The molecular weight excluding hydrogens is 995 g/mol. The van der Waals surface area contributed by atoms with Crippen molar-refractivity contribution in [3.63, 3.8) is 0 Å². The van der Waals surface area contributed by atoms with Crippen molar-refractivity contribution in [2.75, 3.05) is 54.8 Å². The lowest BCUT2D eigenvalue weighted by atomic mass is 9.91. The average Bonchev–Trinajstić information content (AvgIpc) is 4.22. The first-order valence-electron chi connectivity index (χ1n) is 27.5. The minimum atomic E-state index is -0.801. The van der Waals surface area contributed by atoms with Crippen LogP contribution in [0.4, 0.5) is 17.2 Å². The summed E-state index contributed by atoms with van der Waals surface area (Å²) in [6.07, 6.45) is 9.15. The molecule has 406 valence electrons. The number of thiazole rings is 1. The van der Waals surface area contributed by atoms with Crippen LogP contribution in [0.2, 0.25) is 0 Å². The normalized spacial score (nSPS) is 23.5. The zero-order valence-electron chi connectivity index (χ0n) is 44.4. The van der Waals surface area contributed by atoms with Crippen molar-refractivity contribution in [3.05, 3.63) is 107 Å². The van der Waals surface area contributed by atoms with E-state index in [-0.39, 0.29) is 60.8 Å². The Kier molecular flexibility index (Phi) is 15.5. The molecule has 0 spiro atoms. The first kappa shape index (κ1) is 52.4. The second-order valence-corrected chi connectivity index (χ2v) is 23.0. The number of piperazine rings is 1. The van der Waals surface area contributed by atoms with Crippen molar-refractivity contribution in [2.24, 2.45) is 5.92 Å². The molecule has 2 bridgehead atoms. The number of anilines is 3. The minimum Gasteiger partial charge on any atom is -0.507 e. The summed E-state index contributed by atoms with van der Waals surface area (Å²) < 4.78 is 18.9. The van der Waals surface area contributed by atoms with Gasteiger partial charge in [0.05, 0.1) is 57.5 Å². The van der Waals surface area contributed by atoms with E-state index in [1.54, 1.807) is 23.5 Å². The number of piperidine rings is 1. The number of phenols is 1. The Morgan fingerprint density at radius 3 is 2.39 bits per heavy atom. The molecule has 5 aliphatic rings. The Morgan fingerprint density at radius 2 is 1.66 bits per heavy atom. The number of aliphatic hydroxyl groups excluding tert-OH is 1. The predicted octanol–water partition coefficient (Wildman–Crippen LogP) is 7.71. The summed E-state index contributed by atoms with van der Waals surface area (Å²) in [6, 6.07) is 22.7. The van der Waals surface area contributed by atoms with E-state index in [1.165, 1.54) is 4.90 Å². The number of benzene rings is 2. The molecule has 5 N–H and O–H groups in total. The number of rotatable bonds is 18. The molecule has 2 unspecified atom stereocenters. The number of nitrogens with two attached hydrogens (primary N) is 1. The highest BCUT2D eigenvalue weighted by atomic mass is 32.1.